The summed E-state index contributed by atoms with van der Waals surface area (Å²) < 4.78 is 25.4. The molecule has 1 N–H and O–H groups in total. The summed E-state index contributed by atoms with van der Waals surface area (Å²) in [6.45, 7) is 4.70. The van der Waals surface area contributed by atoms with Crippen LogP contribution in [-0.4, -0.2) is 35.0 Å². The van der Waals surface area contributed by atoms with Gasteiger partial charge in [0.25, 0.3) is 5.78 Å². The molecule has 1 aliphatic heterocycles. The van der Waals surface area contributed by atoms with Gasteiger partial charge in [-0.25, -0.2) is 9.37 Å². The largest absolute Gasteiger partial charge is 0.507 e. The van der Waals surface area contributed by atoms with Gasteiger partial charge in [0.05, 0.1) is 35.0 Å². The second-order valence-electron chi connectivity index (χ2n) is 8.24. The topological polar surface area (TPSA) is 89.0 Å². The highest BCUT2D eigenvalue weighted by Gasteiger charge is 2.48. The van der Waals surface area contributed by atoms with Crippen LogP contribution in [0.25, 0.3) is 16.0 Å². The second kappa shape index (κ2) is 10.0. The lowest BCUT2D eigenvalue weighted by atomic mass is 9.95. The number of rotatable bonds is 7. The lowest BCUT2D eigenvalue weighted by Gasteiger charge is -2.23. The number of thiazole rings is 1. The lowest BCUT2D eigenvalue weighted by molar-refractivity contribution is -0.132. The van der Waals surface area contributed by atoms with Crippen molar-refractivity contribution in [2.24, 2.45) is 0 Å². The van der Waals surface area contributed by atoms with Crippen LogP contribution in [0.4, 0.5) is 9.52 Å². The molecule has 1 aliphatic rings. The van der Waals surface area contributed by atoms with E-state index in [1.807, 2.05) is 13.8 Å². The van der Waals surface area contributed by atoms with Gasteiger partial charge in [-0.15, -0.1) is 0 Å². The zero-order valence-electron chi connectivity index (χ0n) is 20.1. The Morgan fingerprint density at radius 1 is 0.973 bits per heavy atom. The third-order valence-corrected chi connectivity index (χ3v) is 6.95. The van der Waals surface area contributed by atoms with Gasteiger partial charge in [0.15, 0.2) is 5.13 Å². The van der Waals surface area contributed by atoms with Crippen LogP contribution in [-0.2, 0) is 9.59 Å². The van der Waals surface area contributed by atoms with Crippen LogP contribution in [0.3, 0.4) is 0 Å². The Bertz CT molecular complexity index is 1510. The molecular weight excluding hydrogens is 495 g/mol. The van der Waals surface area contributed by atoms with E-state index in [1.54, 1.807) is 48.5 Å². The summed E-state index contributed by atoms with van der Waals surface area (Å²) in [5, 5.41) is 11.5. The minimum absolute atomic E-state index is 0.0660. The summed E-state index contributed by atoms with van der Waals surface area (Å²) >= 11 is 1.10. The Labute approximate surface area is 216 Å². The van der Waals surface area contributed by atoms with Crippen molar-refractivity contribution in [2.75, 3.05) is 18.1 Å². The van der Waals surface area contributed by atoms with E-state index >= 15 is 0 Å². The fourth-order valence-corrected chi connectivity index (χ4v) is 5.30. The molecule has 3 aromatic carbocycles. The minimum atomic E-state index is -0.951. The van der Waals surface area contributed by atoms with Crippen molar-refractivity contribution in [3.8, 4) is 11.5 Å². The number of fused-ring (bicyclic) bond motifs is 1. The molecule has 1 unspecified atom stereocenters. The van der Waals surface area contributed by atoms with E-state index in [2.05, 4.69) is 4.98 Å². The SMILES string of the molecule is CCOc1ccc(C(O)=C2C(=O)C(=O)N(c3nc4ccc(F)cc4s3)C2c2ccc(OCC)cc2)cc1. The maximum Gasteiger partial charge on any atom is 0.301 e. The molecule has 1 aromatic heterocycles. The summed E-state index contributed by atoms with van der Waals surface area (Å²) in [5.41, 5.74) is 1.38. The van der Waals surface area contributed by atoms with E-state index in [-0.39, 0.29) is 16.5 Å². The van der Waals surface area contributed by atoms with Crippen molar-refractivity contribution in [3.63, 3.8) is 0 Å². The second-order valence-corrected chi connectivity index (χ2v) is 9.25. The maximum atomic E-state index is 13.8. The van der Waals surface area contributed by atoms with Gasteiger partial charge in [-0.3, -0.25) is 14.5 Å². The summed E-state index contributed by atoms with van der Waals surface area (Å²) in [7, 11) is 0. The number of carbonyl (C=O) groups excluding carboxylic acids is 2. The molecule has 37 heavy (non-hydrogen) atoms. The van der Waals surface area contributed by atoms with Gasteiger partial charge >= 0.3 is 5.91 Å². The monoisotopic (exact) mass is 518 g/mol. The fraction of sp³-hybridized carbons (Fsp3) is 0.179. The first-order chi connectivity index (χ1) is 17.9. The van der Waals surface area contributed by atoms with E-state index in [0.29, 0.717) is 46.1 Å². The number of aromatic nitrogens is 1. The number of aliphatic hydroxyl groups excluding tert-OH is 1. The lowest BCUT2D eigenvalue weighted by Crippen LogP contribution is -2.29. The molecule has 9 heteroatoms. The minimum Gasteiger partial charge on any atom is -0.507 e. The van der Waals surface area contributed by atoms with Crippen LogP contribution < -0.4 is 14.4 Å². The molecule has 188 valence electrons. The van der Waals surface area contributed by atoms with Crippen molar-refractivity contribution in [1.82, 2.24) is 4.98 Å². The number of hydrogen-bond donors (Lipinski definition) is 1. The molecule has 0 saturated carbocycles. The first-order valence-corrected chi connectivity index (χ1v) is 12.6. The van der Waals surface area contributed by atoms with Crippen LogP contribution >= 0.6 is 11.3 Å². The average molecular weight is 519 g/mol. The molecule has 0 radical (unpaired) electrons. The Balaban J connectivity index is 1.66. The number of Topliss-reactive ketones (excluding diaryl/α,β-unsaturated/α-hetero) is 1. The predicted octanol–water partition coefficient (Wildman–Crippen LogP) is 5.86. The summed E-state index contributed by atoms with van der Waals surface area (Å²) in [5.74, 6) is -1.16. The number of anilines is 1. The van der Waals surface area contributed by atoms with Crippen molar-refractivity contribution in [1.29, 1.82) is 0 Å². The van der Waals surface area contributed by atoms with Crippen LogP contribution in [0.15, 0.2) is 72.3 Å². The van der Waals surface area contributed by atoms with Crippen molar-refractivity contribution >= 4 is 44.1 Å². The van der Waals surface area contributed by atoms with Gasteiger partial charge < -0.3 is 14.6 Å². The van der Waals surface area contributed by atoms with Crippen LogP contribution in [0.2, 0.25) is 0 Å². The molecule has 5 rings (SSSR count). The van der Waals surface area contributed by atoms with Crippen LogP contribution in [0, 0.1) is 5.82 Å². The fourth-order valence-electron chi connectivity index (χ4n) is 4.28. The number of halogens is 1. The summed E-state index contributed by atoms with van der Waals surface area (Å²) in [4.78, 5) is 32.5. The van der Waals surface area contributed by atoms with Gasteiger partial charge in [0.2, 0.25) is 0 Å². The Morgan fingerprint density at radius 2 is 1.59 bits per heavy atom. The van der Waals surface area contributed by atoms with E-state index in [4.69, 9.17) is 9.47 Å². The maximum absolute atomic E-state index is 13.8. The van der Waals surface area contributed by atoms with Crippen molar-refractivity contribution in [2.45, 2.75) is 19.9 Å². The Kier molecular flexibility index (Phi) is 6.62. The summed E-state index contributed by atoms with van der Waals surface area (Å²) in [6.07, 6.45) is 0. The zero-order chi connectivity index (χ0) is 26.1. The highest BCUT2D eigenvalue weighted by molar-refractivity contribution is 7.22. The predicted molar refractivity (Wildman–Crippen MR) is 140 cm³/mol. The number of carbonyl (C=O) groups is 2. The number of hydrogen-bond acceptors (Lipinski definition) is 7. The molecule has 2 heterocycles. The zero-order valence-corrected chi connectivity index (χ0v) is 20.9. The van der Waals surface area contributed by atoms with Gasteiger partial charge in [0.1, 0.15) is 23.1 Å². The molecule has 0 aliphatic carbocycles. The molecule has 1 saturated heterocycles. The average Bonchev–Trinajstić information content (AvgIpc) is 3.42. The number of aliphatic hydroxyl groups is 1. The third-order valence-electron chi connectivity index (χ3n) is 5.94. The number of amides is 1. The van der Waals surface area contributed by atoms with Crippen LogP contribution in [0.5, 0.6) is 11.5 Å². The molecule has 4 aromatic rings. The van der Waals surface area contributed by atoms with Crippen molar-refractivity contribution in [3.05, 3.63) is 89.2 Å². The Morgan fingerprint density at radius 3 is 2.22 bits per heavy atom. The van der Waals surface area contributed by atoms with E-state index < -0.39 is 23.5 Å². The number of nitrogens with zero attached hydrogens (tertiary/aromatic N) is 2. The van der Waals surface area contributed by atoms with Gasteiger partial charge in [0, 0.05) is 5.56 Å². The quantitative estimate of drug-likeness (QED) is 0.187. The number of ether oxygens (including phenoxy) is 2. The smallest absolute Gasteiger partial charge is 0.301 e. The van der Waals surface area contributed by atoms with E-state index in [9.17, 15) is 19.1 Å². The highest BCUT2D eigenvalue weighted by atomic mass is 32.1. The molecule has 0 bridgehead atoms. The van der Waals surface area contributed by atoms with Crippen LogP contribution in [0.1, 0.15) is 31.0 Å². The molecule has 1 amide bonds. The summed E-state index contributed by atoms with van der Waals surface area (Å²) in [6, 6.07) is 16.8. The first-order valence-electron chi connectivity index (χ1n) is 11.7. The number of benzene rings is 3. The molecular formula is C28H23FN2O5S. The molecule has 1 fully saturated rings. The van der Waals surface area contributed by atoms with E-state index in [0.717, 1.165) is 11.3 Å². The van der Waals surface area contributed by atoms with Crippen molar-refractivity contribution < 1.29 is 28.6 Å². The standard InChI is InChI=1S/C28H23FN2O5S/c1-3-35-19-10-5-16(6-11-19)24-23(25(32)17-7-12-20(13-8-17)36-4-2)26(33)27(34)31(24)28-30-21-14-9-18(29)15-22(21)37-28/h5-15,24,32H,3-4H2,1-2H3. The molecule has 0 spiro atoms. The molecule has 1 atom stereocenters. The highest BCUT2D eigenvalue weighted by Crippen LogP contribution is 2.44. The normalized spacial score (nSPS) is 16.9. The van der Waals surface area contributed by atoms with E-state index in [1.165, 1.54) is 23.1 Å². The first kappa shape index (κ1) is 24.5. The Hall–Kier alpha value is -4.24. The number of ketones is 1. The third kappa shape index (κ3) is 4.53. The van der Waals surface area contributed by atoms with Gasteiger partial charge in [-0.1, -0.05) is 23.5 Å². The van der Waals surface area contributed by atoms with Gasteiger partial charge in [-0.05, 0) is 74.0 Å². The van der Waals surface area contributed by atoms with Gasteiger partial charge in [-0.2, -0.15) is 0 Å². The molecule has 7 nitrogen and oxygen atoms in total.